The van der Waals surface area contributed by atoms with E-state index in [1.807, 2.05) is 12.1 Å². The second-order valence-electron chi connectivity index (χ2n) is 6.36. The van der Waals surface area contributed by atoms with Gasteiger partial charge in [-0.1, -0.05) is 30.2 Å². The third kappa shape index (κ3) is 8.17. The summed E-state index contributed by atoms with van der Waals surface area (Å²) in [5, 5.41) is 0. The molecule has 9 heteroatoms. The highest BCUT2D eigenvalue weighted by molar-refractivity contribution is 7.93. The highest BCUT2D eigenvalue weighted by Gasteiger charge is 2.29. The summed E-state index contributed by atoms with van der Waals surface area (Å²) in [6, 6.07) is 12.1. The summed E-state index contributed by atoms with van der Waals surface area (Å²) in [5.74, 6) is 7.36. The minimum Gasteiger partial charge on any atom is -0.486 e. The summed E-state index contributed by atoms with van der Waals surface area (Å²) in [6.07, 6.45) is -4.36. The van der Waals surface area contributed by atoms with E-state index in [9.17, 15) is 13.2 Å². The maximum Gasteiger partial charge on any atom is 0.416 e. The number of rotatable bonds is 9. The van der Waals surface area contributed by atoms with E-state index in [2.05, 4.69) is 22.3 Å². The molecular formula is C22H23F3N2O3S. The molecule has 0 saturated carbocycles. The van der Waals surface area contributed by atoms with E-state index in [1.165, 1.54) is 12.1 Å². The van der Waals surface area contributed by atoms with Gasteiger partial charge in [0.05, 0.1) is 18.1 Å². The van der Waals surface area contributed by atoms with Gasteiger partial charge in [-0.15, -0.1) is 5.92 Å². The number of ether oxygens (including phenoxy) is 1. The number of benzene rings is 2. The summed E-state index contributed by atoms with van der Waals surface area (Å²) >= 11 is 0.752. The van der Waals surface area contributed by atoms with Gasteiger partial charge in [-0.2, -0.15) is 13.2 Å². The quantitative estimate of drug-likeness (QED) is 0.181. The maximum absolute atomic E-state index is 12.6. The van der Waals surface area contributed by atoms with Crippen molar-refractivity contribution < 1.29 is 27.3 Å². The SMILES string of the molecule is CC#CC(CSO)c1ccc(OCC(=NC)NOCc2ccc(C(F)(F)F)cc2)cc1. The Balaban J connectivity index is 1.82. The molecule has 2 aromatic carbocycles. The molecule has 2 N–H and O–H groups in total. The number of amidine groups is 1. The van der Waals surface area contributed by atoms with Crippen molar-refractivity contribution in [1.29, 1.82) is 0 Å². The highest BCUT2D eigenvalue weighted by Crippen LogP contribution is 2.29. The maximum atomic E-state index is 12.6. The van der Waals surface area contributed by atoms with E-state index in [1.54, 1.807) is 26.1 Å². The number of hydrogen-bond donors (Lipinski definition) is 2. The third-order valence-corrected chi connectivity index (χ3v) is 4.68. The van der Waals surface area contributed by atoms with Crippen molar-refractivity contribution in [3.8, 4) is 17.6 Å². The summed E-state index contributed by atoms with van der Waals surface area (Å²) < 4.78 is 52.5. The van der Waals surface area contributed by atoms with Crippen molar-refractivity contribution in [2.45, 2.75) is 25.6 Å². The smallest absolute Gasteiger partial charge is 0.416 e. The van der Waals surface area contributed by atoms with Crippen LogP contribution in [0.2, 0.25) is 0 Å². The van der Waals surface area contributed by atoms with Crippen molar-refractivity contribution in [3.05, 3.63) is 65.2 Å². The molecule has 0 radical (unpaired) electrons. The van der Waals surface area contributed by atoms with Gasteiger partial charge in [0, 0.05) is 12.8 Å². The first-order valence-electron chi connectivity index (χ1n) is 9.28. The first-order chi connectivity index (χ1) is 14.9. The van der Waals surface area contributed by atoms with Gasteiger partial charge in [0.2, 0.25) is 0 Å². The number of alkyl halides is 3. The molecule has 0 aromatic heterocycles. The second-order valence-corrected chi connectivity index (χ2v) is 6.95. The Hall–Kier alpha value is -2.67. The number of nitrogens with zero attached hydrogens (tertiary/aromatic N) is 1. The lowest BCUT2D eigenvalue weighted by Gasteiger charge is -2.13. The molecule has 1 unspecified atom stereocenters. The zero-order valence-electron chi connectivity index (χ0n) is 17.1. The Morgan fingerprint density at radius 1 is 1.16 bits per heavy atom. The first kappa shape index (κ1) is 24.6. The molecule has 0 aliphatic heterocycles. The van der Waals surface area contributed by atoms with Crippen LogP contribution in [-0.4, -0.2) is 29.8 Å². The number of hydroxylamine groups is 1. The van der Waals surface area contributed by atoms with Crippen molar-refractivity contribution in [1.82, 2.24) is 5.48 Å². The Morgan fingerprint density at radius 3 is 2.39 bits per heavy atom. The first-order valence-corrected chi connectivity index (χ1v) is 10.2. The zero-order valence-corrected chi connectivity index (χ0v) is 17.9. The lowest BCUT2D eigenvalue weighted by molar-refractivity contribution is -0.137. The van der Waals surface area contributed by atoms with Crippen LogP contribution < -0.4 is 10.2 Å². The summed E-state index contributed by atoms with van der Waals surface area (Å²) in [7, 11) is 1.57. The van der Waals surface area contributed by atoms with Crippen LogP contribution in [0, 0.1) is 11.8 Å². The molecule has 0 heterocycles. The third-order valence-electron chi connectivity index (χ3n) is 4.20. The van der Waals surface area contributed by atoms with Crippen LogP contribution in [0.4, 0.5) is 13.2 Å². The monoisotopic (exact) mass is 452 g/mol. The minimum atomic E-state index is -4.36. The van der Waals surface area contributed by atoms with Crippen LogP contribution in [0.25, 0.3) is 0 Å². The molecule has 0 amide bonds. The predicted molar refractivity (Wildman–Crippen MR) is 116 cm³/mol. The van der Waals surface area contributed by atoms with Crippen molar-refractivity contribution in [2.75, 3.05) is 19.4 Å². The van der Waals surface area contributed by atoms with Gasteiger partial charge in [-0.25, -0.2) is 5.48 Å². The van der Waals surface area contributed by atoms with Crippen molar-refractivity contribution >= 4 is 17.9 Å². The summed E-state index contributed by atoms with van der Waals surface area (Å²) in [5.41, 5.74) is 3.50. The van der Waals surface area contributed by atoms with Gasteiger partial charge in [-0.3, -0.25) is 9.83 Å². The van der Waals surface area contributed by atoms with Crippen LogP contribution in [0.3, 0.4) is 0 Å². The molecule has 0 bridgehead atoms. The highest BCUT2D eigenvalue weighted by atomic mass is 32.2. The number of aliphatic imine (C=N–C) groups is 1. The molecule has 0 fully saturated rings. The molecule has 5 nitrogen and oxygen atoms in total. The minimum absolute atomic E-state index is 0.0641. The molecule has 2 aromatic rings. The van der Waals surface area contributed by atoms with Gasteiger partial charge < -0.3 is 9.29 Å². The molecule has 0 aliphatic carbocycles. The number of hydrogen-bond acceptors (Lipinski definition) is 5. The molecule has 0 aliphatic rings. The van der Waals surface area contributed by atoms with Crippen LogP contribution in [0.5, 0.6) is 5.75 Å². The fourth-order valence-corrected chi connectivity index (χ4v) is 2.98. The van der Waals surface area contributed by atoms with E-state index in [4.69, 9.17) is 14.1 Å². The van der Waals surface area contributed by atoms with E-state index in [-0.39, 0.29) is 19.1 Å². The molecule has 31 heavy (non-hydrogen) atoms. The molecular weight excluding hydrogens is 429 g/mol. The Bertz CT molecular complexity index is 905. The van der Waals surface area contributed by atoms with Gasteiger partial charge in [0.15, 0.2) is 5.84 Å². The zero-order chi connectivity index (χ0) is 22.7. The lowest BCUT2D eigenvalue weighted by atomic mass is 10.0. The van der Waals surface area contributed by atoms with Crippen molar-refractivity contribution in [2.24, 2.45) is 4.99 Å². The Morgan fingerprint density at radius 2 is 1.84 bits per heavy atom. The largest absolute Gasteiger partial charge is 0.486 e. The normalized spacial score (nSPS) is 12.6. The van der Waals surface area contributed by atoms with Crippen LogP contribution in [-0.2, 0) is 17.6 Å². The standard InChI is InChI=1S/C22H23F3N2O3S/c1-3-4-18(15-31-28)17-7-11-20(12-8-17)29-14-21(26-2)27-30-13-16-5-9-19(10-6-16)22(23,24)25/h5-12,18,28H,13-15H2,1-2H3,(H,26,27). The molecule has 2 rings (SSSR count). The summed E-state index contributed by atoms with van der Waals surface area (Å²) in [6.45, 7) is 1.94. The van der Waals surface area contributed by atoms with Crippen LogP contribution in [0.1, 0.15) is 29.5 Å². The van der Waals surface area contributed by atoms with E-state index in [0.29, 0.717) is 22.9 Å². The van der Waals surface area contributed by atoms with Crippen LogP contribution in [0.15, 0.2) is 53.5 Å². The average Bonchev–Trinajstić information content (AvgIpc) is 2.76. The van der Waals surface area contributed by atoms with Gasteiger partial charge in [0.25, 0.3) is 0 Å². The van der Waals surface area contributed by atoms with E-state index < -0.39 is 11.7 Å². The average molecular weight is 452 g/mol. The number of halogens is 3. The summed E-state index contributed by atoms with van der Waals surface area (Å²) in [4.78, 5) is 9.34. The lowest BCUT2D eigenvalue weighted by Crippen LogP contribution is -2.29. The van der Waals surface area contributed by atoms with Crippen molar-refractivity contribution in [3.63, 3.8) is 0 Å². The van der Waals surface area contributed by atoms with E-state index >= 15 is 0 Å². The predicted octanol–water partition coefficient (Wildman–Crippen LogP) is 5.15. The fraction of sp³-hybridized carbons (Fsp3) is 0.318. The fourth-order valence-electron chi connectivity index (χ4n) is 2.55. The van der Waals surface area contributed by atoms with Gasteiger partial charge in [-0.05, 0) is 54.4 Å². The topological polar surface area (TPSA) is 63.1 Å². The van der Waals surface area contributed by atoms with Gasteiger partial charge in [0.1, 0.15) is 12.4 Å². The second kappa shape index (κ2) is 12.2. The van der Waals surface area contributed by atoms with E-state index in [0.717, 1.165) is 29.7 Å². The molecule has 0 spiro atoms. The number of nitrogens with one attached hydrogen (secondary N) is 1. The Labute approximate surface area is 183 Å². The van der Waals surface area contributed by atoms with Gasteiger partial charge >= 0.3 is 6.18 Å². The molecule has 0 saturated heterocycles. The molecule has 1 atom stereocenters. The Kier molecular flexibility index (Phi) is 9.72. The molecule has 166 valence electrons. The van der Waals surface area contributed by atoms with Crippen LogP contribution >= 0.6 is 12.0 Å².